The fourth-order valence-corrected chi connectivity index (χ4v) is 2.97. The lowest BCUT2D eigenvalue weighted by Gasteiger charge is -2.34. The number of alkyl halides is 3. The number of rotatable bonds is 6. The van der Waals surface area contributed by atoms with Gasteiger partial charge in [-0.25, -0.2) is 0 Å². The Morgan fingerprint density at radius 2 is 1.77 bits per heavy atom. The van der Waals surface area contributed by atoms with Gasteiger partial charge in [0.15, 0.2) is 0 Å². The van der Waals surface area contributed by atoms with Crippen LogP contribution in [0.15, 0.2) is 24.3 Å². The van der Waals surface area contributed by atoms with E-state index in [4.69, 9.17) is 4.74 Å². The summed E-state index contributed by atoms with van der Waals surface area (Å²) >= 11 is 2.24. The lowest BCUT2D eigenvalue weighted by Crippen LogP contribution is -2.49. The summed E-state index contributed by atoms with van der Waals surface area (Å²) in [4.78, 5) is 3.67. The predicted molar refractivity (Wildman–Crippen MR) is 88.2 cm³/mol. The monoisotopic (exact) mass is 428 g/mol. The second kappa shape index (κ2) is 8.35. The van der Waals surface area contributed by atoms with Gasteiger partial charge in [-0.3, -0.25) is 4.90 Å². The van der Waals surface area contributed by atoms with E-state index in [1.54, 1.807) is 0 Å². The van der Waals surface area contributed by atoms with Gasteiger partial charge in [0.25, 0.3) is 0 Å². The van der Waals surface area contributed by atoms with Crippen LogP contribution in [0.1, 0.15) is 6.42 Å². The van der Waals surface area contributed by atoms with Gasteiger partial charge in [0, 0.05) is 36.3 Å². The molecule has 2 rings (SSSR count). The zero-order chi connectivity index (χ0) is 16.0. The van der Waals surface area contributed by atoms with Gasteiger partial charge in [-0.1, -0.05) is 6.07 Å². The van der Waals surface area contributed by atoms with Crippen LogP contribution in [0.25, 0.3) is 0 Å². The van der Waals surface area contributed by atoms with Crippen molar-refractivity contribution in [3.8, 4) is 5.75 Å². The number of piperazine rings is 1. The molecule has 1 aliphatic heterocycles. The van der Waals surface area contributed by atoms with E-state index in [1.165, 1.54) is 4.90 Å². The molecular formula is C15H20F3IN2O. The van der Waals surface area contributed by atoms with Crippen LogP contribution < -0.4 is 4.74 Å². The van der Waals surface area contributed by atoms with Crippen molar-refractivity contribution >= 4 is 22.6 Å². The minimum Gasteiger partial charge on any atom is -0.494 e. The van der Waals surface area contributed by atoms with Crippen molar-refractivity contribution in [3.63, 3.8) is 0 Å². The van der Waals surface area contributed by atoms with Crippen LogP contribution in [0.4, 0.5) is 13.2 Å². The maximum absolute atomic E-state index is 12.3. The van der Waals surface area contributed by atoms with Gasteiger partial charge in [0.1, 0.15) is 5.75 Å². The van der Waals surface area contributed by atoms with Crippen LogP contribution in [-0.4, -0.2) is 61.9 Å². The van der Waals surface area contributed by atoms with Crippen molar-refractivity contribution in [1.82, 2.24) is 9.80 Å². The van der Waals surface area contributed by atoms with E-state index in [0.29, 0.717) is 32.8 Å². The molecule has 0 spiro atoms. The fourth-order valence-electron chi connectivity index (χ4n) is 2.46. The molecule has 1 heterocycles. The van der Waals surface area contributed by atoms with Crippen LogP contribution in [-0.2, 0) is 0 Å². The maximum atomic E-state index is 12.3. The predicted octanol–water partition coefficient (Wildman–Crippen LogP) is 3.24. The third kappa shape index (κ3) is 6.70. The Balaban J connectivity index is 1.59. The van der Waals surface area contributed by atoms with Crippen molar-refractivity contribution in [3.05, 3.63) is 27.8 Å². The number of hydrogen-bond acceptors (Lipinski definition) is 3. The smallest absolute Gasteiger partial charge is 0.401 e. The number of ether oxygens (including phenoxy) is 1. The first kappa shape index (κ1) is 17.8. The molecule has 1 aromatic rings. The van der Waals surface area contributed by atoms with E-state index in [-0.39, 0.29) is 0 Å². The lowest BCUT2D eigenvalue weighted by molar-refractivity contribution is -0.149. The van der Waals surface area contributed by atoms with Crippen molar-refractivity contribution < 1.29 is 17.9 Å². The van der Waals surface area contributed by atoms with E-state index in [1.807, 2.05) is 24.3 Å². The molecule has 0 aliphatic carbocycles. The summed E-state index contributed by atoms with van der Waals surface area (Å²) in [5.74, 6) is 0.863. The third-order valence-electron chi connectivity index (χ3n) is 3.55. The quantitative estimate of drug-likeness (QED) is 0.511. The van der Waals surface area contributed by atoms with Crippen LogP contribution in [0, 0.1) is 3.57 Å². The molecule has 0 amide bonds. The van der Waals surface area contributed by atoms with Gasteiger partial charge < -0.3 is 9.64 Å². The minimum atomic E-state index is -4.09. The van der Waals surface area contributed by atoms with E-state index in [9.17, 15) is 13.2 Å². The van der Waals surface area contributed by atoms with E-state index in [2.05, 4.69) is 27.5 Å². The molecule has 3 nitrogen and oxygen atoms in total. The standard InChI is InChI=1S/C15H20F3IN2O/c16-15(17,18)12-21-8-6-20(7-9-21)5-2-10-22-14-4-1-3-13(19)11-14/h1,3-4,11H,2,5-10,12H2. The third-order valence-corrected chi connectivity index (χ3v) is 4.22. The highest BCUT2D eigenvalue weighted by Gasteiger charge is 2.31. The topological polar surface area (TPSA) is 15.7 Å². The van der Waals surface area contributed by atoms with Crippen LogP contribution in [0.2, 0.25) is 0 Å². The van der Waals surface area contributed by atoms with Crippen molar-refractivity contribution in [1.29, 1.82) is 0 Å². The molecule has 0 saturated carbocycles. The molecule has 7 heteroatoms. The molecule has 0 bridgehead atoms. The minimum absolute atomic E-state index is 0.483. The summed E-state index contributed by atoms with van der Waals surface area (Å²) in [6.45, 7) is 3.05. The lowest BCUT2D eigenvalue weighted by atomic mass is 10.3. The van der Waals surface area contributed by atoms with E-state index in [0.717, 1.165) is 22.3 Å². The van der Waals surface area contributed by atoms with Crippen LogP contribution >= 0.6 is 22.6 Å². The first-order chi connectivity index (χ1) is 10.4. The summed E-state index contributed by atoms with van der Waals surface area (Å²) in [7, 11) is 0. The molecule has 0 aromatic heterocycles. The summed E-state index contributed by atoms with van der Waals surface area (Å²) in [5, 5.41) is 0. The van der Waals surface area contributed by atoms with Crippen LogP contribution in [0.3, 0.4) is 0 Å². The highest BCUT2D eigenvalue weighted by molar-refractivity contribution is 14.1. The van der Waals surface area contributed by atoms with Crippen molar-refractivity contribution in [2.24, 2.45) is 0 Å². The van der Waals surface area contributed by atoms with Gasteiger partial charge in [-0.2, -0.15) is 13.2 Å². The molecule has 1 aliphatic rings. The molecule has 0 atom stereocenters. The average molecular weight is 428 g/mol. The van der Waals surface area contributed by atoms with Gasteiger partial charge in [0.2, 0.25) is 0 Å². The summed E-state index contributed by atoms with van der Waals surface area (Å²) < 4.78 is 43.7. The Hall–Kier alpha value is -0.540. The first-order valence-corrected chi connectivity index (χ1v) is 8.40. The van der Waals surface area contributed by atoms with Crippen LogP contribution in [0.5, 0.6) is 5.75 Å². The Bertz CT molecular complexity index is 462. The molecule has 1 fully saturated rings. The molecule has 0 radical (unpaired) electrons. The van der Waals surface area contributed by atoms with Crippen molar-refractivity contribution in [2.75, 3.05) is 45.9 Å². The Morgan fingerprint density at radius 1 is 1.09 bits per heavy atom. The summed E-state index contributed by atoms with van der Waals surface area (Å²) in [6, 6.07) is 7.87. The summed E-state index contributed by atoms with van der Waals surface area (Å²) in [6.07, 6.45) is -3.21. The summed E-state index contributed by atoms with van der Waals surface area (Å²) in [5.41, 5.74) is 0. The SMILES string of the molecule is FC(F)(F)CN1CCN(CCCOc2cccc(I)c2)CC1. The number of hydrogen-bond donors (Lipinski definition) is 0. The average Bonchev–Trinajstić information content (AvgIpc) is 2.44. The van der Waals surface area contributed by atoms with E-state index >= 15 is 0 Å². The molecule has 22 heavy (non-hydrogen) atoms. The highest BCUT2D eigenvalue weighted by atomic mass is 127. The zero-order valence-corrected chi connectivity index (χ0v) is 14.4. The molecule has 0 unspecified atom stereocenters. The maximum Gasteiger partial charge on any atom is 0.401 e. The Labute approximate surface area is 142 Å². The number of benzene rings is 1. The van der Waals surface area contributed by atoms with Gasteiger partial charge >= 0.3 is 6.18 Å². The second-order valence-electron chi connectivity index (χ2n) is 5.39. The molecule has 1 saturated heterocycles. The molecule has 124 valence electrons. The fraction of sp³-hybridized carbons (Fsp3) is 0.600. The van der Waals surface area contributed by atoms with Crippen molar-refractivity contribution in [2.45, 2.75) is 12.6 Å². The first-order valence-electron chi connectivity index (χ1n) is 7.32. The Morgan fingerprint density at radius 3 is 2.41 bits per heavy atom. The molecule has 1 aromatic carbocycles. The van der Waals surface area contributed by atoms with Gasteiger partial charge in [-0.05, 0) is 47.2 Å². The second-order valence-corrected chi connectivity index (χ2v) is 6.64. The number of nitrogens with zero attached hydrogens (tertiary/aromatic N) is 2. The normalized spacial score (nSPS) is 17.6. The van der Waals surface area contributed by atoms with Gasteiger partial charge in [0.05, 0.1) is 13.2 Å². The highest BCUT2D eigenvalue weighted by Crippen LogP contribution is 2.18. The zero-order valence-electron chi connectivity index (χ0n) is 12.3. The number of halogens is 4. The Kier molecular flexibility index (Phi) is 6.76. The van der Waals surface area contributed by atoms with E-state index < -0.39 is 12.7 Å². The molecular weight excluding hydrogens is 408 g/mol. The van der Waals surface area contributed by atoms with Gasteiger partial charge in [-0.15, -0.1) is 0 Å². The molecule has 0 N–H and O–H groups in total. The largest absolute Gasteiger partial charge is 0.494 e.